The third kappa shape index (κ3) is 3.14. The molecule has 3 aliphatic heterocycles. The lowest BCUT2D eigenvalue weighted by atomic mass is 10.1. The molecule has 8 nitrogen and oxygen atoms in total. The van der Waals surface area contributed by atoms with Crippen molar-refractivity contribution < 1.29 is 14.3 Å². The van der Waals surface area contributed by atoms with E-state index in [0.717, 1.165) is 25.5 Å². The van der Waals surface area contributed by atoms with Crippen molar-refractivity contribution in [2.45, 2.75) is 18.6 Å². The lowest BCUT2D eigenvalue weighted by molar-refractivity contribution is -0.136. The van der Waals surface area contributed by atoms with Gasteiger partial charge in [0.25, 0.3) is 5.91 Å². The number of likely N-dealkylation sites (N-methyl/N-ethyl adjacent to an activating group) is 2. The van der Waals surface area contributed by atoms with Crippen molar-refractivity contribution in [3.05, 3.63) is 35.9 Å². The van der Waals surface area contributed by atoms with Gasteiger partial charge in [0.2, 0.25) is 0 Å². The van der Waals surface area contributed by atoms with Crippen LogP contribution < -0.4 is 0 Å². The predicted octanol–water partition coefficient (Wildman–Crippen LogP) is 0.451. The second kappa shape index (κ2) is 7.19. The Morgan fingerprint density at radius 3 is 2.52 bits per heavy atom. The molecule has 3 heterocycles. The van der Waals surface area contributed by atoms with Gasteiger partial charge in [0.05, 0.1) is 13.2 Å². The van der Waals surface area contributed by atoms with Gasteiger partial charge in [-0.25, -0.2) is 9.79 Å². The zero-order valence-corrected chi connectivity index (χ0v) is 15.7. The minimum atomic E-state index is -0.477. The number of guanidine groups is 1. The van der Waals surface area contributed by atoms with Crippen LogP contribution in [0.2, 0.25) is 0 Å². The lowest BCUT2D eigenvalue weighted by Crippen LogP contribution is -2.64. The molecule has 0 saturated carbocycles. The molecule has 27 heavy (non-hydrogen) atoms. The number of benzene rings is 1. The summed E-state index contributed by atoms with van der Waals surface area (Å²) in [5.41, 5.74) is 1.21. The fourth-order valence-electron chi connectivity index (χ4n) is 3.91. The first-order valence-corrected chi connectivity index (χ1v) is 9.33. The molecule has 0 spiro atoms. The third-order valence-electron chi connectivity index (χ3n) is 5.47. The van der Waals surface area contributed by atoms with Gasteiger partial charge in [0.15, 0.2) is 18.2 Å². The maximum Gasteiger partial charge on any atom is 0.328 e. The lowest BCUT2D eigenvalue weighted by Gasteiger charge is -2.41. The standard InChI is InChI=1S/C19H25N5O3/c1-21-16-15(17(25)22(2)19(21)26)24(9-8-14-6-4-3-5-7-14)18(20-16)23-10-12-27-13-11-23/h3-7,15-16H,8-13H2,1-2H3/t15-,16-/m0/s1. The molecule has 144 valence electrons. The summed E-state index contributed by atoms with van der Waals surface area (Å²) in [6.45, 7) is 3.43. The van der Waals surface area contributed by atoms with Gasteiger partial charge in [0, 0.05) is 33.7 Å². The number of nitrogens with zero attached hydrogens (tertiary/aromatic N) is 5. The average molecular weight is 371 g/mol. The molecule has 2 saturated heterocycles. The van der Waals surface area contributed by atoms with E-state index < -0.39 is 12.2 Å². The van der Waals surface area contributed by atoms with Crippen molar-refractivity contribution in [3.63, 3.8) is 0 Å². The summed E-state index contributed by atoms with van der Waals surface area (Å²) in [6.07, 6.45) is 0.331. The Kier molecular flexibility index (Phi) is 4.73. The number of hydrogen-bond donors (Lipinski definition) is 0. The van der Waals surface area contributed by atoms with Gasteiger partial charge in [-0.3, -0.25) is 9.69 Å². The van der Waals surface area contributed by atoms with Crippen LogP contribution in [-0.4, -0.2) is 96.6 Å². The number of morpholine rings is 1. The summed E-state index contributed by atoms with van der Waals surface area (Å²) in [7, 11) is 3.25. The summed E-state index contributed by atoms with van der Waals surface area (Å²) in [4.78, 5) is 37.1. The van der Waals surface area contributed by atoms with Crippen LogP contribution in [0.3, 0.4) is 0 Å². The molecule has 3 aliphatic rings. The highest BCUT2D eigenvalue weighted by Crippen LogP contribution is 2.28. The molecular formula is C19H25N5O3. The molecule has 0 bridgehead atoms. The zero-order chi connectivity index (χ0) is 19.0. The smallest absolute Gasteiger partial charge is 0.328 e. The van der Waals surface area contributed by atoms with E-state index >= 15 is 0 Å². The first kappa shape index (κ1) is 17.8. The minimum absolute atomic E-state index is 0.192. The van der Waals surface area contributed by atoms with Crippen LogP contribution in [0.15, 0.2) is 35.3 Å². The van der Waals surface area contributed by atoms with E-state index in [2.05, 4.69) is 21.9 Å². The van der Waals surface area contributed by atoms with E-state index in [1.54, 1.807) is 19.0 Å². The second-order valence-corrected chi connectivity index (χ2v) is 7.11. The maximum absolute atomic E-state index is 12.9. The van der Waals surface area contributed by atoms with Gasteiger partial charge in [0.1, 0.15) is 0 Å². The number of rotatable bonds is 3. The van der Waals surface area contributed by atoms with Gasteiger partial charge in [-0.05, 0) is 12.0 Å². The van der Waals surface area contributed by atoms with Gasteiger partial charge < -0.3 is 19.4 Å². The van der Waals surface area contributed by atoms with Crippen molar-refractivity contribution in [2.24, 2.45) is 4.99 Å². The van der Waals surface area contributed by atoms with E-state index in [1.807, 2.05) is 18.2 Å². The number of amides is 3. The van der Waals surface area contributed by atoms with Crippen LogP contribution in [0.25, 0.3) is 0 Å². The molecular weight excluding hydrogens is 346 g/mol. The summed E-state index contributed by atoms with van der Waals surface area (Å²) >= 11 is 0. The van der Waals surface area contributed by atoms with Gasteiger partial charge in [-0.1, -0.05) is 30.3 Å². The maximum atomic E-state index is 12.9. The first-order chi connectivity index (χ1) is 13.1. The number of hydrogen-bond acceptors (Lipinski definition) is 6. The van der Waals surface area contributed by atoms with E-state index in [0.29, 0.717) is 19.8 Å². The summed E-state index contributed by atoms with van der Waals surface area (Å²) in [5.74, 6) is 0.607. The molecule has 8 heteroatoms. The van der Waals surface area contributed by atoms with E-state index in [1.165, 1.54) is 10.5 Å². The fraction of sp³-hybridized carbons (Fsp3) is 0.526. The van der Waals surface area contributed by atoms with Gasteiger partial charge in [-0.2, -0.15) is 0 Å². The Morgan fingerprint density at radius 1 is 1.11 bits per heavy atom. The summed E-state index contributed by atoms with van der Waals surface area (Å²) < 4.78 is 5.46. The number of fused-ring (bicyclic) bond motifs is 1. The highest BCUT2D eigenvalue weighted by atomic mass is 16.5. The molecule has 4 rings (SSSR count). The van der Waals surface area contributed by atoms with E-state index in [4.69, 9.17) is 9.73 Å². The van der Waals surface area contributed by atoms with E-state index in [-0.39, 0.29) is 11.9 Å². The zero-order valence-electron chi connectivity index (χ0n) is 15.7. The van der Waals surface area contributed by atoms with Crippen LogP contribution in [0.4, 0.5) is 4.79 Å². The van der Waals surface area contributed by atoms with Crippen LogP contribution >= 0.6 is 0 Å². The predicted molar refractivity (Wildman–Crippen MR) is 100 cm³/mol. The minimum Gasteiger partial charge on any atom is -0.378 e. The number of carbonyl (C=O) groups excluding carboxylic acids is 2. The Morgan fingerprint density at radius 2 is 1.81 bits per heavy atom. The molecule has 0 aliphatic carbocycles. The Bertz CT molecular complexity index is 747. The molecule has 0 N–H and O–H groups in total. The molecule has 0 unspecified atom stereocenters. The molecule has 0 radical (unpaired) electrons. The molecule has 0 aromatic heterocycles. The van der Waals surface area contributed by atoms with Crippen LogP contribution in [0, 0.1) is 0 Å². The second-order valence-electron chi connectivity index (χ2n) is 7.11. The number of urea groups is 1. The topological polar surface area (TPSA) is 68.7 Å². The van der Waals surface area contributed by atoms with Crippen molar-refractivity contribution in [1.82, 2.24) is 19.6 Å². The van der Waals surface area contributed by atoms with Crippen LogP contribution in [0.1, 0.15) is 5.56 Å². The Hall–Kier alpha value is -2.61. The summed E-state index contributed by atoms with van der Waals surface area (Å²) in [5, 5.41) is 0. The Balaban J connectivity index is 1.62. The van der Waals surface area contributed by atoms with Crippen LogP contribution in [-0.2, 0) is 16.0 Å². The number of aliphatic imine (C=N–C) groups is 1. The quantitative estimate of drug-likeness (QED) is 0.772. The van der Waals surface area contributed by atoms with Crippen molar-refractivity contribution in [3.8, 4) is 0 Å². The molecule has 2 fully saturated rings. The summed E-state index contributed by atoms with van der Waals surface area (Å²) in [6, 6.07) is 9.43. The average Bonchev–Trinajstić information content (AvgIpc) is 3.10. The van der Waals surface area contributed by atoms with Crippen molar-refractivity contribution >= 4 is 17.9 Å². The SMILES string of the molecule is CN1C(=O)[C@@H]2[C@@H](N=C(N3CCOCC3)N2CCc2ccccc2)N(C)C1=O. The highest BCUT2D eigenvalue weighted by molar-refractivity contribution is 6.03. The van der Waals surface area contributed by atoms with Crippen molar-refractivity contribution in [2.75, 3.05) is 46.9 Å². The molecule has 2 atom stereocenters. The first-order valence-electron chi connectivity index (χ1n) is 9.33. The largest absolute Gasteiger partial charge is 0.378 e. The fourth-order valence-corrected chi connectivity index (χ4v) is 3.91. The third-order valence-corrected chi connectivity index (χ3v) is 5.47. The normalized spacial score (nSPS) is 25.8. The molecule has 1 aromatic carbocycles. The molecule has 3 amide bonds. The number of ether oxygens (including phenoxy) is 1. The number of carbonyl (C=O) groups is 2. The highest BCUT2D eigenvalue weighted by Gasteiger charge is 2.51. The van der Waals surface area contributed by atoms with Gasteiger partial charge >= 0.3 is 6.03 Å². The van der Waals surface area contributed by atoms with Gasteiger partial charge in [-0.15, -0.1) is 0 Å². The monoisotopic (exact) mass is 371 g/mol. The van der Waals surface area contributed by atoms with E-state index in [9.17, 15) is 9.59 Å². The molecule has 1 aromatic rings. The van der Waals surface area contributed by atoms with Crippen LogP contribution in [0.5, 0.6) is 0 Å². The Labute approximate surface area is 159 Å². The number of imide groups is 1. The van der Waals surface area contributed by atoms with Crippen molar-refractivity contribution in [1.29, 1.82) is 0 Å².